The van der Waals surface area contributed by atoms with Gasteiger partial charge in [0.1, 0.15) is 11.6 Å². The summed E-state index contributed by atoms with van der Waals surface area (Å²) in [5.74, 6) is 1.61. The van der Waals surface area contributed by atoms with Gasteiger partial charge < -0.3 is 9.88 Å². The number of rotatable bonds is 5. The Bertz CT molecular complexity index is 803. The minimum Gasteiger partial charge on any atom is -0.334 e. The van der Waals surface area contributed by atoms with Crippen molar-refractivity contribution in [1.82, 2.24) is 24.1 Å². The Balaban J connectivity index is 1.68. The van der Waals surface area contributed by atoms with Crippen molar-refractivity contribution in [2.24, 2.45) is 0 Å². The largest absolute Gasteiger partial charge is 0.334 e. The number of aromatic nitrogens is 5. The van der Waals surface area contributed by atoms with Gasteiger partial charge in [0.25, 0.3) is 0 Å². The summed E-state index contributed by atoms with van der Waals surface area (Å²) >= 11 is 0. The van der Waals surface area contributed by atoms with E-state index in [1.807, 2.05) is 42.9 Å². The predicted octanol–water partition coefficient (Wildman–Crippen LogP) is 1.83. The molecule has 7 nitrogen and oxygen atoms in total. The van der Waals surface area contributed by atoms with Crippen LogP contribution in [0.5, 0.6) is 0 Å². The van der Waals surface area contributed by atoms with Crippen molar-refractivity contribution in [2.45, 2.75) is 33.2 Å². The Kier molecular flexibility index (Phi) is 3.86. The minimum absolute atomic E-state index is 0.0514. The summed E-state index contributed by atoms with van der Waals surface area (Å²) in [6.45, 7) is 4.49. The molecule has 3 rings (SSSR count). The highest BCUT2D eigenvalue weighted by Gasteiger charge is 2.09. The number of pyridine rings is 1. The number of aryl methyl sites for hydroxylation is 3. The lowest BCUT2D eigenvalue weighted by atomic mass is 10.3. The summed E-state index contributed by atoms with van der Waals surface area (Å²) < 4.78 is 3.66. The molecule has 3 aromatic heterocycles. The maximum absolute atomic E-state index is 12.2. The third kappa shape index (κ3) is 2.83. The monoisotopic (exact) mass is 298 g/mol. The third-order valence-corrected chi connectivity index (χ3v) is 3.44. The summed E-state index contributed by atoms with van der Waals surface area (Å²) in [7, 11) is 0. The van der Waals surface area contributed by atoms with Gasteiger partial charge >= 0.3 is 0 Å². The smallest absolute Gasteiger partial charge is 0.226 e. The van der Waals surface area contributed by atoms with Crippen LogP contribution < -0.4 is 5.32 Å². The second-order valence-corrected chi connectivity index (χ2v) is 5.04. The molecule has 1 amide bonds. The van der Waals surface area contributed by atoms with Crippen molar-refractivity contribution in [3.63, 3.8) is 0 Å². The van der Waals surface area contributed by atoms with E-state index in [-0.39, 0.29) is 5.91 Å². The summed E-state index contributed by atoms with van der Waals surface area (Å²) in [5.41, 5.74) is 1.33. The van der Waals surface area contributed by atoms with Crippen molar-refractivity contribution < 1.29 is 4.79 Å². The van der Waals surface area contributed by atoms with Crippen LogP contribution in [-0.2, 0) is 17.8 Å². The zero-order valence-electron chi connectivity index (χ0n) is 12.7. The van der Waals surface area contributed by atoms with Gasteiger partial charge in [-0.25, -0.2) is 14.5 Å². The Hall–Kier alpha value is -2.70. The highest BCUT2D eigenvalue weighted by molar-refractivity contribution is 5.94. The Morgan fingerprint density at radius 2 is 2.23 bits per heavy atom. The molecule has 1 N–H and O–H groups in total. The molecule has 114 valence electrons. The molecule has 0 aliphatic rings. The van der Waals surface area contributed by atoms with E-state index in [1.54, 1.807) is 10.7 Å². The summed E-state index contributed by atoms with van der Waals surface area (Å²) in [4.78, 5) is 20.7. The standard InChI is InChI=1S/C15H18N6O/c1-3-13-16-7-10-20(13)9-6-14(22)18-12-5-4-8-21-15(12)17-11(2)19-21/h4-5,7-8,10H,3,6,9H2,1-2H3,(H,18,22). The van der Waals surface area contributed by atoms with Crippen molar-refractivity contribution in [1.29, 1.82) is 0 Å². The highest BCUT2D eigenvalue weighted by Crippen LogP contribution is 2.15. The molecule has 0 aliphatic heterocycles. The first-order valence-electron chi connectivity index (χ1n) is 7.29. The van der Waals surface area contributed by atoms with Crippen molar-refractivity contribution in [2.75, 3.05) is 5.32 Å². The van der Waals surface area contributed by atoms with E-state index in [0.29, 0.717) is 30.1 Å². The number of fused-ring (bicyclic) bond motifs is 1. The minimum atomic E-state index is -0.0514. The van der Waals surface area contributed by atoms with E-state index in [0.717, 1.165) is 12.2 Å². The topological polar surface area (TPSA) is 77.1 Å². The first-order chi connectivity index (χ1) is 10.7. The van der Waals surface area contributed by atoms with E-state index in [1.165, 1.54) is 0 Å². The van der Waals surface area contributed by atoms with Gasteiger partial charge in [0, 0.05) is 38.0 Å². The van der Waals surface area contributed by atoms with Gasteiger partial charge in [-0.2, -0.15) is 5.10 Å². The summed E-state index contributed by atoms with van der Waals surface area (Å²) in [6, 6.07) is 3.66. The number of hydrogen-bond donors (Lipinski definition) is 1. The van der Waals surface area contributed by atoms with Crippen LogP contribution in [0, 0.1) is 6.92 Å². The fourth-order valence-corrected chi connectivity index (χ4v) is 2.40. The number of carbonyl (C=O) groups excluding carboxylic acids is 1. The number of amides is 1. The van der Waals surface area contributed by atoms with Gasteiger partial charge in [-0.05, 0) is 19.1 Å². The SMILES string of the molecule is CCc1nccn1CCC(=O)Nc1cccn2nc(C)nc12. The molecule has 0 saturated heterocycles. The number of carbonyl (C=O) groups is 1. The molecule has 0 atom stereocenters. The molecule has 0 radical (unpaired) electrons. The van der Waals surface area contributed by atoms with Crippen molar-refractivity contribution in [3.8, 4) is 0 Å². The maximum Gasteiger partial charge on any atom is 0.226 e. The van der Waals surface area contributed by atoms with E-state index < -0.39 is 0 Å². The van der Waals surface area contributed by atoms with Gasteiger partial charge in [-0.15, -0.1) is 0 Å². The Morgan fingerprint density at radius 1 is 1.36 bits per heavy atom. The number of hydrogen-bond acceptors (Lipinski definition) is 4. The molecule has 0 spiro atoms. The summed E-state index contributed by atoms with van der Waals surface area (Å²) in [5, 5.41) is 7.13. The maximum atomic E-state index is 12.2. The molecular weight excluding hydrogens is 280 g/mol. The quantitative estimate of drug-likeness (QED) is 0.779. The van der Waals surface area contributed by atoms with Crippen LogP contribution in [0.15, 0.2) is 30.7 Å². The van der Waals surface area contributed by atoms with Crippen LogP contribution in [0.2, 0.25) is 0 Å². The molecular formula is C15H18N6O. The van der Waals surface area contributed by atoms with Crippen LogP contribution in [0.1, 0.15) is 25.0 Å². The predicted molar refractivity (Wildman–Crippen MR) is 82.6 cm³/mol. The number of imidazole rings is 1. The molecule has 0 fully saturated rings. The number of anilines is 1. The molecule has 22 heavy (non-hydrogen) atoms. The van der Waals surface area contributed by atoms with E-state index in [9.17, 15) is 4.79 Å². The Labute approximate surface area is 128 Å². The number of nitrogens with one attached hydrogen (secondary N) is 1. The van der Waals surface area contributed by atoms with Crippen LogP contribution in [0.4, 0.5) is 5.69 Å². The lowest BCUT2D eigenvalue weighted by Gasteiger charge is -2.08. The zero-order chi connectivity index (χ0) is 15.5. The van der Waals surface area contributed by atoms with Gasteiger partial charge in [0.15, 0.2) is 5.65 Å². The van der Waals surface area contributed by atoms with Crippen LogP contribution in [0.25, 0.3) is 5.65 Å². The van der Waals surface area contributed by atoms with Gasteiger partial charge in [0.05, 0.1) is 5.69 Å². The Morgan fingerprint density at radius 3 is 3.05 bits per heavy atom. The lowest BCUT2D eigenvalue weighted by molar-refractivity contribution is -0.116. The van der Waals surface area contributed by atoms with E-state index >= 15 is 0 Å². The van der Waals surface area contributed by atoms with Crippen LogP contribution >= 0.6 is 0 Å². The zero-order valence-corrected chi connectivity index (χ0v) is 12.7. The molecule has 7 heteroatoms. The molecule has 0 saturated carbocycles. The van der Waals surface area contributed by atoms with E-state index in [4.69, 9.17) is 0 Å². The van der Waals surface area contributed by atoms with E-state index in [2.05, 4.69) is 20.4 Å². The van der Waals surface area contributed by atoms with Crippen molar-refractivity contribution in [3.05, 3.63) is 42.4 Å². The molecule has 0 unspecified atom stereocenters. The fraction of sp³-hybridized carbons (Fsp3) is 0.333. The molecule has 0 bridgehead atoms. The first kappa shape index (κ1) is 14.2. The van der Waals surface area contributed by atoms with Gasteiger partial charge in [0.2, 0.25) is 5.91 Å². The lowest BCUT2D eigenvalue weighted by Crippen LogP contribution is -2.15. The van der Waals surface area contributed by atoms with Gasteiger partial charge in [-0.3, -0.25) is 4.79 Å². The van der Waals surface area contributed by atoms with Gasteiger partial charge in [-0.1, -0.05) is 6.92 Å². The summed E-state index contributed by atoms with van der Waals surface area (Å²) in [6.07, 6.45) is 6.71. The molecule has 3 heterocycles. The molecule has 3 aromatic rings. The van der Waals surface area contributed by atoms with Crippen molar-refractivity contribution >= 4 is 17.2 Å². The molecule has 0 aromatic carbocycles. The molecule has 0 aliphatic carbocycles. The van der Waals surface area contributed by atoms with Crippen LogP contribution in [0.3, 0.4) is 0 Å². The van der Waals surface area contributed by atoms with Crippen LogP contribution in [-0.4, -0.2) is 30.1 Å². The first-order valence-corrected chi connectivity index (χ1v) is 7.29. The average Bonchev–Trinajstić information content (AvgIpc) is 3.10. The third-order valence-electron chi connectivity index (χ3n) is 3.44. The average molecular weight is 298 g/mol. The normalized spacial score (nSPS) is 11.0. The second kappa shape index (κ2) is 5.97. The number of nitrogens with zero attached hydrogens (tertiary/aromatic N) is 5. The fourth-order valence-electron chi connectivity index (χ4n) is 2.40. The second-order valence-electron chi connectivity index (χ2n) is 5.04. The highest BCUT2D eigenvalue weighted by atomic mass is 16.1.